The molecule has 0 spiro atoms. The van der Waals surface area contributed by atoms with Crippen LogP contribution in [0.5, 0.6) is 5.75 Å². The second-order valence-corrected chi connectivity index (χ2v) is 10.2. The fourth-order valence-corrected chi connectivity index (χ4v) is 5.34. The minimum atomic E-state index is -3.76. The Kier molecular flexibility index (Phi) is 7.93. The van der Waals surface area contributed by atoms with Crippen molar-refractivity contribution in [1.29, 1.82) is 0 Å². The molecule has 1 fully saturated rings. The summed E-state index contributed by atoms with van der Waals surface area (Å²) in [4.78, 5) is 26.9. The Morgan fingerprint density at radius 2 is 1.88 bits per heavy atom. The van der Waals surface area contributed by atoms with E-state index in [1.54, 1.807) is 19.9 Å². The van der Waals surface area contributed by atoms with Gasteiger partial charge in [-0.1, -0.05) is 26.0 Å². The van der Waals surface area contributed by atoms with Crippen LogP contribution < -0.4 is 15.0 Å². The summed E-state index contributed by atoms with van der Waals surface area (Å²) in [5.41, 5.74) is 0.322. The van der Waals surface area contributed by atoms with Crippen LogP contribution in [0, 0.1) is 11.7 Å². The second kappa shape index (κ2) is 10.5. The van der Waals surface area contributed by atoms with E-state index < -0.39 is 27.7 Å². The molecule has 8 nitrogen and oxygen atoms in total. The second-order valence-electron chi connectivity index (χ2n) is 8.26. The summed E-state index contributed by atoms with van der Waals surface area (Å²) in [6.07, 6.45) is -0.302. The molecule has 2 amide bonds. The number of halogens is 1. The van der Waals surface area contributed by atoms with E-state index in [1.807, 2.05) is 13.8 Å². The minimum absolute atomic E-state index is 0.0173. The van der Waals surface area contributed by atoms with E-state index in [2.05, 4.69) is 5.32 Å². The largest absolute Gasteiger partial charge is 0.489 e. The topological polar surface area (TPSA) is 96.0 Å². The molecule has 1 atom stereocenters. The summed E-state index contributed by atoms with van der Waals surface area (Å²) >= 11 is 0. The number of carbonyl (C=O) groups excluding carboxylic acids is 2. The van der Waals surface area contributed by atoms with Crippen molar-refractivity contribution in [2.24, 2.45) is 5.92 Å². The molecule has 1 saturated heterocycles. The number of anilines is 2. The maximum atomic E-state index is 14.2. The van der Waals surface area contributed by atoms with Gasteiger partial charge in [0.2, 0.25) is 21.8 Å². The molecule has 2 aromatic carbocycles. The van der Waals surface area contributed by atoms with Crippen molar-refractivity contribution in [3.63, 3.8) is 0 Å². The van der Waals surface area contributed by atoms with Gasteiger partial charge in [0.25, 0.3) is 0 Å². The fourth-order valence-electron chi connectivity index (χ4n) is 3.86. The van der Waals surface area contributed by atoms with Crippen molar-refractivity contribution in [3.8, 4) is 5.75 Å². The van der Waals surface area contributed by atoms with Crippen LogP contribution in [-0.2, 0) is 19.6 Å². The first kappa shape index (κ1) is 25.6. The molecule has 0 aromatic heterocycles. The molecule has 1 aliphatic heterocycles. The quantitative estimate of drug-likeness (QED) is 0.578. The van der Waals surface area contributed by atoms with Crippen LogP contribution in [0.15, 0.2) is 47.4 Å². The van der Waals surface area contributed by atoms with Gasteiger partial charge in [-0.05, 0) is 44.2 Å². The average molecular weight is 492 g/mol. The van der Waals surface area contributed by atoms with E-state index >= 15 is 0 Å². The van der Waals surface area contributed by atoms with Gasteiger partial charge >= 0.3 is 0 Å². The minimum Gasteiger partial charge on any atom is -0.489 e. The highest BCUT2D eigenvalue weighted by molar-refractivity contribution is 7.89. The zero-order valence-electron chi connectivity index (χ0n) is 19.7. The summed E-state index contributed by atoms with van der Waals surface area (Å²) in [5.74, 6) is -1.79. The van der Waals surface area contributed by atoms with E-state index in [1.165, 1.54) is 45.6 Å². The predicted molar refractivity (Wildman–Crippen MR) is 128 cm³/mol. The maximum absolute atomic E-state index is 14.2. The van der Waals surface area contributed by atoms with Crippen LogP contribution in [0.2, 0.25) is 0 Å². The Morgan fingerprint density at radius 1 is 1.21 bits per heavy atom. The van der Waals surface area contributed by atoms with Gasteiger partial charge in [-0.15, -0.1) is 0 Å². The highest BCUT2D eigenvalue weighted by atomic mass is 32.2. The van der Waals surface area contributed by atoms with Gasteiger partial charge in [0, 0.05) is 26.1 Å². The van der Waals surface area contributed by atoms with Crippen molar-refractivity contribution in [2.75, 3.05) is 29.9 Å². The highest BCUT2D eigenvalue weighted by Gasteiger charge is 2.36. The lowest BCUT2D eigenvalue weighted by Gasteiger charge is -2.21. The summed E-state index contributed by atoms with van der Waals surface area (Å²) < 4.78 is 47.2. The number of sulfonamides is 1. The van der Waals surface area contributed by atoms with Crippen LogP contribution in [0.1, 0.15) is 34.1 Å². The molecule has 0 aliphatic carbocycles. The van der Waals surface area contributed by atoms with Gasteiger partial charge in [-0.2, -0.15) is 4.31 Å². The molecule has 1 aliphatic rings. The van der Waals surface area contributed by atoms with Crippen LogP contribution in [0.25, 0.3) is 0 Å². The number of benzene rings is 2. The van der Waals surface area contributed by atoms with Crippen molar-refractivity contribution < 1.29 is 27.1 Å². The zero-order valence-corrected chi connectivity index (χ0v) is 20.6. The monoisotopic (exact) mass is 491 g/mol. The van der Waals surface area contributed by atoms with Gasteiger partial charge in [0.15, 0.2) is 0 Å². The number of nitrogens with zero attached hydrogens (tertiary/aromatic N) is 2. The normalized spacial score (nSPS) is 16.4. The SMILES string of the molecule is CCN(CC)S(=O)(=O)c1ccc(OC(C)C)c(NC(=O)C2CC(=O)N(c3ccccc3F)C2)c1. The molecule has 0 radical (unpaired) electrons. The summed E-state index contributed by atoms with van der Waals surface area (Å²) in [5, 5.41) is 2.73. The van der Waals surface area contributed by atoms with Crippen LogP contribution in [-0.4, -0.2) is 50.3 Å². The number of para-hydroxylation sites is 1. The molecule has 2 aromatic rings. The van der Waals surface area contributed by atoms with Gasteiger partial charge in [-0.3, -0.25) is 9.59 Å². The Hall–Kier alpha value is -2.98. The summed E-state index contributed by atoms with van der Waals surface area (Å²) in [6, 6.07) is 10.2. The molecule has 1 N–H and O–H groups in total. The van der Waals surface area contributed by atoms with Crippen molar-refractivity contribution >= 4 is 33.2 Å². The highest BCUT2D eigenvalue weighted by Crippen LogP contribution is 2.32. The Bertz CT molecular complexity index is 1160. The first-order valence-electron chi connectivity index (χ1n) is 11.2. The number of rotatable bonds is 9. The third-order valence-corrected chi connectivity index (χ3v) is 7.60. The molecule has 34 heavy (non-hydrogen) atoms. The number of amides is 2. The number of ether oxygens (including phenoxy) is 1. The van der Waals surface area contributed by atoms with Gasteiger partial charge in [0.05, 0.1) is 28.3 Å². The Morgan fingerprint density at radius 3 is 2.50 bits per heavy atom. The van der Waals surface area contributed by atoms with E-state index in [0.29, 0.717) is 18.8 Å². The lowest BCUT2D eigenvalue weighted by molar-refractivity contribution is -0.122. The molecule has 10 heteroatoms. The molecule has 1 unspecified atom stereocenters. The summed E-state index contributed by atoms with van der Waals surface area (Å²) in [7, 11) is -3.76. The predicted octanol–water partition coefficient (Wildman–Crippen LogP) is 3.64. The Balaban J connectivity index is 1.87. The smallest absolute Gasteiger partial charge is 0.243 e. The third kappa shape index (κ3) is 5.39. The zero-order chi connectivity index (χ0) is 25.0. The van der Waals surface area contributed by atoms with Gasteiger partial charge in [-0.25, -0.2) is 12.8 Å². The van der Waals surface area contributed by atoms with Crippen molar-refractivity contribution in [1.82, 2.24) is 4.31 Å². The Labute approximate surface area is 199 Å². The third-order valence-electron chi connectivity index (χ3n) is 5.55. The maximum Gasteiger partial charge on any atom is 0.243 e. The first-order chi connectivity index (χ1) is 16.1. The van der Waals surface area contributed by atoms with E-state index in [0.717, 1.165) is 0 Å². The number of hydrogen-bond donors (Lipinski definition) is 1. The molecule has 184 valence electrons. The van der Waals surface area contributed by atoms with E-state index in [9.17, 15) is 22.4 Å². The fraction of sp³-hybridized carbons (Fsp3) is 0.417. The average Bonchev–Trinajstić information content (AvgIpc) is 3.17. The lowest BCUT2D eigenvalue weighted by atomic mass is 10.1. The molecular weight excluding hydrogens is 461 g/mol. The molecule has 0 saturated carbocycles. The standard InChI is InChI=1S/C24H30FN3O5S/c1-5-27(6-2)34(31,32)18-11-12-22(33-16(3)4)20(14-18)26-24(30)17-13-23(29)28(15-17)21-10-8-7-9-19(21)25/h7-12,14,16-17H,5-6,13,15H2,1-4H3,(H,26,30). The molecule has 0 bridgehead atoms. The number of nitrogens with one attached hydrogen (secondary N) is 1. The van der Waals surface area contributed by atoms with E-state index in [4.69, 9.17) is 4.74 Å². The first-order valence-corrected chi connectivity index (χ1v) is 12.7. The van der Waals surface area contributed by atoms with Gasteiger partial charge in [0.1, 0.15) is 11.6 Å². The van der Waals surface area contributed by atoms with Crippen molar-refractivity contribution in [2.45, 2.75) is 45.1 Å². The van der Waals surface area contributed by atoms with Crippen LogP contribution >= 0.6 is 0 Å². The van der Waals surface area contributed by atoms with Crippen LogP contribution in [0.4, 0.5) is 15.8 Å². The summed E-state index contributed by atoms with van der Waals surface area (Å²) in [6.45, 7) is 7.75. The molecule has 3 rings (SSSR count). The lowest BCUT2D eigenvalue weighted by Crippen LogP contribution is -2.31. The van der Waals surface area contributed by atoms with Crippen molar-refractivity contribution in [3.05, 3.63) is 48.3 Å². The molecule has 1 heterocycles. The van der Waals surface area contributed by atoms with Crippen LogP contribution in [0.3, 0.4) is 0 Å². The van der Waals surface area contributed by atoms with E-state index in [-0.39, 0.29) is 41.2 Å². The number of hydrogen-bond acceptors (Lipinski definition) is 5. The van der Waals surface area contributed by atoms with Gasteiger partial charge < -0.3 is 15.0 Å². The number of carbonyl (C=O) groups is 2. The molecular formula is C24H30FN3O5S.